The Labute approximate surface area is 204 Å². The number of rotatable bonds is 7. The van der Waals surface area contributed by atoms with Gasteiger partial charge in [0.05, 0.1) is 0 Å². The lowest BCUT2D eigenvalue weighted by atomic mass is 10.1. The molecule has 3 aromatic rings. The number of hydrogen-bond donors (Lipinski definition) is 0. The Kier molecular flexibility index (Phi) is 7.93. The van der Waals surface area contributed by atoms with Crippen molar-refractivity contribution >= 4 is 23.4 Å². The first-order valence-corrected chi connectivity index (χ1v) is 11.7. The van der Waals surface area contributed by atoms with Crippen molar-refractivity contribution < 1.29 is 14.0 Å². The summed E-state index contributed by atoms with van der Waals surface area (Å²) in [5.74, 6) is -0.376. The number of hydrogen-bond acceptors (Lipinski definition) is 3. The van der Waals surface area contributed by atoms with Crippen LogP contribution in [-0.4, -0.2) is 65.8 Å². The molecule has 176 valence electrons. The van der Waals surface area contributed by atoms with Gasteiger partial charge in [0, 0.05) is 62.0 Å². The molecule has 1 aliphatic rings. The number of carbonyl (C=O) groups is 2. The number of piperazine rings is 1. The van der Waals surface area contributed by atoms with Crippen LogP contribution in [0.25, 0.3) is 0 Å². The number of nitrogens with zero attached hydrogens (tertiary/aromatic N) is 3. The largest absolute Gasteiger partial charge is 0.336 e. The predicted molar refractivity (Wildman–Crippen MR) is 131 cm³/mol. The molecule has 1 aliphatic heterocycles. The number of benzene rings is 3. The van der Waals surface area contributed by atoms with Crippen molar-refractivity contribution in [3.05, 3.63) is 106 Å². The van der Waals surface area contributed by atoms with Crippen molar-refractivity contribution in [1.29, 1.82) is 0 Å². The third kappa shape index (κ3) is 6.22. The molecule has 34 heavy (non-hydrogen) atoms. The Morgan fingerprint density at radius 2 is 1.53 bits per heavy atom. The van der Waals surface area contributed by atoms with Gasteiger partial charge in [-0.15, -0.1) is 0 Å². The van der Waals surface area contributed by atoms with Gasteiger partial charge in [-0.05, 0) is 48.0 Å². The zero-order valence-corrected chi connectivity index (χ0v) is 19.6. The monoisotopic (exact) mass is 479 g/mol. The van der Waals surface area contributed by atoms with Gasteiger partial charge < -0.3 is 9.80 Å². The van der Waals surface area contributed by atoms with Crippen molar-refractivity contribution in [2.75, 3.05) is 39.3 Å². The molecule has 5 nitrogen and oxygen atoms in total. The molecule has 0 saturated carbocycles. The first kappa shape index (κ1) is 23.9. The van der Waals surface area contributed by atoms with Crippen molar-refractivity contribution in [2.24, 2.45) is 0 Å². The highest BCUT2D eigenvalue weighted by Crippen LogP contribution is 2.16. The molecule has 4 rings (SSSR count). The molecule has 0 spiro atoms. The summed E-state index contributed by atoms with van der Waals surface area (Å²) in [4.78, 5) is 31.9. The van der Waals surface area contributed by atoms with Crippen LogP contribution in [-0.2, 0) is 6.54 Å². The molecule has 0 bridgehead atoms. The van der Waals surface area contributed by atoms with Gasteiger partial charge in [0.25, 0.3) is 11.8 Å². The Balaban J connectivity index is 1.38. The van der Waals surface area contributed by atoms with E-state index >= 15 is 0 Å². The van der Waals surface area contributed by atoms with E-state index in [4.69, 9.17) is 11.6 Å². The van der Waals surface area contributed by atoms with E-state index in [0.29, 0.717) is 48.9 Å². The molecule has 0 aliphatic carbocycles. The van der Waals surface area contributed by atoms with Crippen LogP contribution in [0, 0.1) is 5.82 Å². The molecular formula is C27H27ClFN3O2. The topological polar surface area (TPSA) is 43.9 Å². The Hall–Kier alpha value is -3.22. The second-order valence-electron chi connectivity index (χ2n) is 8.36. The Morgan fingerprint density at radius 3 is 2.21 bits per heavy atom. The molecule has 2 amide bonds. The molecule has 3 aromatic carbocycles. The van der Waals surface area contributed by atoms with E-state index in [-0.39, 0.29) is 17.6 Å². The fourth-order valence-corrected chi connectivity index (χ4v) is 4.26. The van der Waals surface area contributed by atoms with Gasteiger partial charge >= 0.3 is 0 Å². The van der Waals surface area contributed by atoms with Gasteiger partial charge in [-0.2, -0.15) is 0 Å². The number of amides is 2. The zero-order chi connectivity index (χ0) is 23.9. The summed E-state index contributed by atoms with van der Waals surface area (Å²) in [6.07, 6.45) is 0. The maximum atomic E-state index is 13.3. The lowest BCUT2D eigenvalue weighted by molar-refractivity contribution is 0.0598. The highest BCUT2D eigenvalue weighted by molar-refractivity contribution is 6.30. The van der Waals surface area contributed by atoms with Gasteiger partial charge in [0.2, 0.25) is 0 Å². The van der Waals surface area contributed by atoms with Gasteiger partial charge in [-0.25, -0.2) is 4.39 Å². The normalized spacial score (nSPS) is 14.1. The summed E-state index contributed by atoms with van der Waals surface area (Å²) >= 11 is 6.10. The van der Waals surface area contributed by atoms with Crippen molar-refractivity contribution in [2.45, 2.75) is 6.54 Å². The predicted octanol–water partition coefficient (Wildman–Crippen LogP) is 4.58. The minimum Gasteiger partial charge on any atom is -0.336 e. The fourth-order valence-electron chi connectivity index (χ4n) is 4.07. The molecule has 7 heteroatoms. The van der Waals surface area contributed by atoms with Gasteiger partial charge in [-0.1, -0.05) is 48.0 Å². The molecule has 0 N–H and O–H groups in total. The van der Waals surface area contributed by atoms with E-state index in [1.165, 1.54) is 12.1 Å². The average molecular weight is 480 g/mol. The molecule has 1 saturated heterocycles. The molecule has 0 radical (unpaired) electrons. The van der Waals surface area contributed by atoms with Gasteiger partial charge in [0.1, 0.15) is 5.82 Å². The average Bonchev–Trinajstić information content (AvgIpc) is 2.87. The van der Waals surface area contributed by atoms with E-state index in [1.54, 1.807) is 41.3 Å². The number of carbonyl (C=O) groups excluding carboxylic acids is 2. The van der Waals surface area contributed by atoms with E-state index < -0.39 is 0 Å². The van der Waals surface area contributed by atoms with Crippen LogP contribution >= 0.6 is 11.6 Å². The Morgan fingerprint density at radius 1 is 0.853 bits per heavy atom. The Bertz CT molecular complexity index is 1120. The van der Waals surface area contributed by atoms with E-state index in [9.17, 15) is 14.0 Å². The summed E-state index contributed by atoms with van der Waals surface area (Å²) in [6, 6.07) is 22.4. The van der Waals surface area contributed by atoms with Gasteiger partial charge in [-0.3, -0.25) is 14.5 Å². The quantitative estimate of drug-likeness (QED) is 0.498. The van der Waals surface area contributed by atoms with Gasteiger partial charge in [0.15, 0.2) is 0 Å². The maximum absolute atomic E-state index is 13.3. The molecule has 1 fully saturated rings. The summed E-state index contributed by atoms with van der Waals surface area (Å²) in [6.45, 7) is 4.35. The van der Waals surface area contributed by atoms with Crippen LogP contribution in [0.5, 0.6) is 0 Å². The lowest BCUT2D eigenvalue weighted by Crippen LogP contribution is -2.50. The van der Waals surface area contributed by atoms with Crippen LogP contribution in [0.15, 0.2) is 78.9 Å². The van der Waals surface area contributed by atoms with Crippen molar-refractivity contribution in [3.63, 3.8) is 0 Å². The molecular weight excluding hydrogens is 453 g/mol. The summed E-state index contributed by atoms with van der Waals surface area (Å²) < 4.78 is 13.3. The standard InChI is InChI=1S/C27H27ClFN3O2/c28-24-8-4-7-23(19-24)27(34)32(20-21-9-11-25(29)12-10-21)18-15-30-13-16-31(17-14-30)26(33)22-5-2-1-3-6-22/h1-12,19H,13-18,20H2. The second-order valence-corrected chi connectivity index (χ2v) is 8.80. The highest BCUT2D eigenvalue weighted by atomic mass is 35.5. The van der Waals surface area contributed by atoms with E-state index in [2.05, 4.69) is 4.90 Å². The summed E-state index contributed by atoms with van der Waals surface area (Å²) in [7, 11) is 0. The maximum Gasteiger partial charge on any atom is 0.254 e. The molecule has 1 heterocycles. The van der Waals surface area contributed by atoms with Crippen LogP contribution in [0.3, 0.4) is 0 Å². The zero-order valence-electron chi connectivity index (χ0n) is 18.9. The summed E-state index contributed by atoms with van der Waals surface area (Å²) in [5.41, 5.74) is 2.08. The first-order valence-electron chi connectivity index (χ1n) is 11.4. The first-order chi connectivity index (χ1) is 16.5. The van der Waals surface area contributed by atoms with Crippen molar-refractivity contribution in [1.82, 2.24) is 14.7 Å². The second kappa shape index (κ2) is 11.3. The van der Waals surface area contributed by atoms with E-state index in [0.717, 1.165) is 18.7 Å². The minimum absolute atomic E-state index is 0.0503. The van der Waals surface area contributed by atoms with Crippen LogP contribution in [0.4, 0.5) is 4.39 Å². The van der Waals surface area contributed by atoms with Crippen LogP contribution < -0.4 is 0 Å². The molecule has 0 aromatic heterocycles. The smallest absolute Gasteiger partial charge is 0.254 e. The third-order valence-corrected chi connectivity index (χ3v) is 6.25. The van der Waals surface area contributed by atoms with Crippen molar-refractivity contribution in [3.8, 4) is 0 Å². The lowest BCUT2D eigenvalue weighted by Gasteiger charge is -2.36. The number of halogens is 2. The van der Waals surface area contributed by atoms with Crippen LogP contribution in [0.2, 0.25) is 5.02 Å². The summed E-state index contributed by atoms with van der Waals surface area (Å²) in [5, 5.41) is 0.506. The fraction of sp³-hybridized carbons (Fsp3) is 0.259. The SMILES string of the molecule is O=C(c1ccccc1)N1CCN(CCN(Cc2ccc(F)cc2)C(=O)c2cccc(Cl)c2)CC1. The minimum atomic E-state index is -0.306. The van der Waals surface area contributed by atoms with E-state index in [1.807, 2.05) is 35.2 Å². The third-order valence-electron chi connectivity index (χ3n) is 6.01. The molecule has 0 unspecified atom stereocenters. The molecule has 0 atom stereocenters. The highest BCUT2D eigenvalue weighted by Gasteiger charge is 2.23. The van der Waals surface area contributed by atoms with Crippen LogP contribution in [0.1, 0.15) is 26.3 Å².